The number of hydrogen-bond donors (Lipinski definition) is 1. The Kier molecular flexibility index (Phi) is 6.13. The molecule has 0 spiro atoms. The van der Waals surface area contributed by atoms with Crippen LogP contribution in [0.4, 0.5) is 0 Å². The Labute approximate surface area is 163 Å². The molecule has 140 valence electrons. The Balaban J connectivity index is 1.66. The van der Waals surface area contributed by atoms with Gasteiger partial charge in [-0.1, -0.05) is 53.7 Å². The molecule has 0 saturated carbocycles. The molecule has 0 fully saturated rings. The average Bonchev–Trinajstić information content (AvgIpc) is 3.15. The largest absolute Gasteiger partial charge is 0.495 e. The summed E-state index contributed by atoms with van der Waals surface area (Å²) in [7, 11) is 1.62. The number of benzene rings is 2. The second-order valence-corrected chi connectivity index (χ2v) is 7.43. The summed E-state index contributed by atoms with van der Waals surface area (Å²) in [4.78, 5) is 12.5. The van der Waals surface area contributed by atoms with Gasteiger partial charge in [-0.2, -0.15) is 0 Å². The van der Waals surface area contributed by atoms with Crippen molar-refractivity contribution in [1.82, 2.24) is 20.1 Å². The lowest BCUT2D eigenvalue weighted by molar-refractivity contribution is -0.120. The van der Waals surface area contributed by atoms with E-state index in [1.807, 2.05) is 66.9 Å². The maximum absolute atomic E-state index is 12.5. The first-order valence-corrected chi connectivity index (χ1v) is 9.50. The lowest BCUT2D eigenvalue weighted by atomic mass is 10.1. The number of carbonyl (C=O) groups is 1. The zero-order chi connectivity index (χ0) is 19.2. The Hall–Kier alpha value is -2.80. The number of methoxy groups -OCH3 is 1. The lowest BCUT2D eigenvalue weighted by Crippen LogP contribution is -2.30. The van der Waals surface area contributed by atoms with Gasteiger partial charge in [0.15, 0.2) is 5.16 Å². The molecule has 1 aromatic heterocycles. The molecule has 0 bridgehead atoms. The van der Waals surface area contributed by atoms with Crippen LogP contribution in [-0.2, 0) is 11.3 Å². The van der Waals surface area contributed by atoms with Crippen LogP contribution in [0, 0.1) is 6.92 Å². The number of amides is 1. The number of nitrogens with one attached hydrogen (secondary N) is 1. The van der Waals surface area contributed by atoms with E-state index in [1.54, 1.807) is 13.4 Å². The van der Waals surface area contributed by atoms with E-state index in [2.05, 4.69) is 15.5 Å². The first-order chi connectivity index (χ1) is 13.1. The number of thioether (sulfide) groups is 1. The maximum Gasteiger partial charge on any atom is 0.233 e. The Bertz CT molecular complexity index is 908. The second kappa shape index (κ2) is 8.73. The van der Waals surface area contributed by atoms with Crippen LogP contribution in [0.5, 0.6) is 5.75 Å². The Morgan fingerprint density at radius 2 is 1.96 bits per heavy atom. The van der Waals surface area contributed by atoms with E-state index < -0.39 is 0 Å². The molecule has 3 aromatic rings. The van der Waals surface area contributed by atoms with Crippen molar-refractivity contribution in [3.05, 3.63) is 66.0 Å². The summed E-state index contributed by atoms with van der Waals surface area (Å²) < 4.78 is 7.23. The molecule has 1 N–H and O–H groups in total. The van der Waals surface area contributed by atoms with Gasteiger partial charge in [0.1, 0.15) is 12.1 Å². The van der Waals surface area contributed by atoms with Crippen LogP contribution in [0.3, 0.4) is 0 Å². The van der Waals surface area contributed by atoms with Gasteiger partial charge < -0.3 is 10.1 Å². The smallest absolute Gasteiger partial charge is 0.233 e. The van der Waals surface area contributed by atoms with E-state index in [9.17, 15) is 4.79 Å². The number of rotatable bonds is 7. The number of carbonyl (C=O) groups excluding carboxylic acids is 1. The fraction of sp³-hybridized carbons (Fsp3) is 0.250. The van der Waals surface area contributed by atoms with Crippen LogP contribution < -0.4 is 10.1 Å². The molecule has 0 aliphatic carbocycles. The fourth-order valence-corrected chi connectivity index (χ4v) is 3.41. The summed E-state index contributed by atoms with van der Waals surface area (Å²) in [6, 6.07) is 15.7. The van der Waals surface area contributed by atoms with Gasteiger partial charge in [-0.3, -0.25) is 9.36 Å². The fourth-order valence-electron chi connectivity index (χ4n) is 2.55. The zero-order valence-corrected chi connectivity index (χ0v) is 16.4. The van der Waals surface area contributed by atoms with E-state index in [-0.39, 0.29) is 11.2 Å². The number of para-hydroxylation sites is 2. The third-order valence-corrected chi connectivity index (χ3v) is 5.16. The van der Waals surface area contributed by atoms with E-state index in [1.165, 1.54) is 17.3 Å². The van der Waals surface area contributed by atoms with Gasteiger partial charge in [-0.15, -0.1) is 10.2 Å². The molecule has 0 radical (unpaired) electrons. The minimum absolute atomic E-state index is 0.0462. The highest BCUT2D eigenvalue weighted by Crippen LogP contribution is 2.28. The zero-order valence-electron chi connectivity index (χ0n) is 15.5. The summed E-state index contributed by atoms with van der Waals surface area (Å²) >= 11 is 1.36. The maximum atomic E-state index is 12.5. The van der Waals surface area contributed by atoms with Crippen LogP contribution in [0.1, 0.15) is 18.1 Å². The summed E-state index contributed by atoms with van der Waals surface area (Å²) in [5.74, 6) is 0.672. The first-order valence-electron chi connectivity index (χ1n) is 8.62. The molecule has 7 heteroatoms. The first kappa shape index (κ1) is 19.0. The molecule has 0 saturated heterocycles. The van der Waals surface area contributed by atoms with Gasteiger partial charge in [-0.05, 0) is 31.5 Å². The van der Waals surface area contributed by atoms with Gasteiger partial charge in [0, 0.05) is 6.54 Å². The van der Waals surface area contributed by atoms with Crippen molar-refractivity contribution in [1.29, 1.82) is 0 Å². The quantitative estimate of drug-likeness (QED) is 0.635. The molecule has 27 heavy (non-hydrogen) atoms. The highest BCUT2D eigenvalue weighted by atomic mass is 32.2. The van der Waals surface area contributed by atoms with Crippen LogP contribution in [0.15, 0.2) is 60.0 Å². The molecular formula is C20H22N4O2S. The van der Waals surface area contributed by atoms with Gasteiger partial charge in [0.05, 0.1) is 18.0 Å². The van der Waals surface area contributed by atoms with Crippen LogP contribution in [0.25, 0.3) is 5.69 Å². The predicted molar refractivity (Wildman–Crippen MR) is 106 cm³/mol. The van der Waals surface area contributed by atoms with Crippen LogP contribution >= 0.6 is 11.8 Å². The second-order valence-electron chi connectivity index (χ2n) is 6.12. The standard InChI is InChI=1S/C20H22N4O2S/c1-14-8-10-16(11-9-14)12-21-19(25)15(2)27-20-23-22-13-24(20)17-6-4-5-7-18(17)26-3/h4-11,13,15H,12H2,1-3H3,(H,21,25). The highest BCUT2D eigenvalue weighted by molar-refractivity contribution is 8.00. The number of ether oxygens (including phenoxy) is 1. The number of aryl methyl sites for hydroxylation is 1. The summed E-state index contributed by atoms with van der Waals surface area (Å²) in [5.41, 5.74) is 3.10. The van der Waals surface area contributed by atoms with Crippen molar-refractivity contribution in [3.8, 4) is 11.4 Å². The van der Waals surface area contributed by atoms with Crippen molar-refractivity contribution in [3.63, 3.8) is 0 Å². The molecule has 1 amide bonds. The minimum atomic E-state index is -0.312. The number of aromatic nitrogens is 3. The molecule has 1 unspecified atom stereocenters. The van der Waals surface area contributed by atoms with Crippen LogP contribution in [0.2, 0.25) is 0 Å². The number of hydrogen-bond acceptors (Lipinski definition) is 5. The van der Waals surface area contributed by atoms with E-state index >= 15 is 0 Å². The SMILES string of the molecule is COc1ccccc1-n1cnnc1SC(C)C(=O)NCc1ccc(C)cc1. The van der Waals surface area contributed by atoms with Crippen molar-refractivity contribution in [2.45, 2.75) is 30.8 Å². The predicted octanol–water partition coefficient (Wildman–Crippen LogP) is 3.38. The normalized spacial score (nSPS) is 11.8. The molecular weight excluding hydrogens is 360 g/mol. The number of nitrogens with zero attached hydrogens (tertiary/aromatic N) is 3. The van der Waals surface area contributed by atoms with E-state index in [0.29, 0.717) is 11.7 Å². The van der Waals surface area contributed by atoms with E-state index in [4.69, 9.17) is 4.74 Å². The van der Waals surface area contributed by atoms with Gasteiger partial charge in [-0.25, -0.2) is 0 Å². The van der Waals surface area contributed by atoms with Crippen molar-refractivity contribution in [2.75, 3.05) is 7.11 Å². The molecule has 6 nitrogen and oxygen atoms in total. The van der Waals surface area contributed by atoms with Gasteiger partial charge in [0.2, 0.25) is 5.91 Å². The Morgan fingerprint density at radius 1 is 1.22 bits per heavy atom. The Morgan fingerprint density at radius 3 is 2.70 bits per heavy atom. The van der Waals surface area contributed by atoms with Crippen molar-refractivity contribution < 1.29 is 9.53 Å². The van der Waals surface area contributed by atoms with Gasteiger partial charge in [0.25, 0.3) is 0 Å². The molecule has 0 aliphatic rings. The molecule has 0 aliphatic heterocycles. The molecule has 2 aromatic carbocycles. The molecule has 1 atom stereocenters. The average molecular weight is 382 g/mol. The van der Waals surface area contributed by atoms with Gasteiger partial charge >= 0.3 is 0 Å². The summed E-state index contributed by atoms with van der Waals surface area (Å²) in [6.45, 7) is 4.40. The monoisotopic (exact) mass is 382 g/mol. The molecule has 1 heterocycles. The lowest BCUT2D eigenvalue weighted by Gasteiger charge is -2.14. The molecule has 3 rings (SSSR count). The third kappa shape index (κ3) is 4.68. The topological polar surface area (TPSA) is 69.0 Å². The van der Waals surface area contributed by atoms with E-state index in [0.717, 1.165) is 17.0 Å². The minimum Gasteiger partial charge on any atom is -0.495 e. The summed E-state index contributed by atoms with van der Waals surface area (Å²) in [6.07, 6.45) is 1.62. The van der Waals surface area contributed by atoms with Crippen molar-refractivity contribution in [2.24, 2.45) is 0 Å². The summed E-state index contributed by atoms with van der Waals surface area (Å²) in [5, 5.41) is 11.4. The van der Waals surface area contributed by atoms with Crippen molar-refractivity contribution >= 4 is 17.7 Å². The highest BCUT2D eigenvalue weighted by Gasteiger charge is 2.19. The third-order valence-electron chi connectivity index (χ3n) is 4.10. The van der Waals surface area contributed by atoms with Crippen LogP contribution in [-0.4, -0.2) is 33.0 Å².